The zero-order valence-corrected chi connectivity index (χ0v) is 15.1. The Hall–Kier alpha value is -3.02. The highest BCUT2D eigenvalue weighted by atomic mass is 16.5. The third kappa shape index (κ3) is 6.12. The van der Waals surface area contributed by atoms with Crippen LogP contribution in [0.25, 0.3) is 0 Å². The van der Waals surface area contributed by atoms with Gasteiger partial charge in [-0.1, -0.05) is 30.3 Å². The van der Waals surface area contributed by atoms with E-state index >= 15 is 0 Å². The Morgan fingerprint density at radius 1 is 0.962 bits per heavy atom. The first-order valence-electron chi connectivity index (χ1n) is 8.45. The molecule has 0 aliphatic heterocycles. The molecule has 0 fully saturated rings. The van der Waals surface area contributed by atoms with Crippen LogP contribution < -0.4 is 20.1 Å². The van der Waals surface area contributed by atoms with Crippen molar-refractivity contribution < 1.29 is 19.1 Å². The standard InChI is InChI=1S/C20H24N2O4/c1-25-16-10-11-18(26-2)17(13-16)22-20(24)14-19(23)21-12-6-9-15-7-4-3-5-8-15/h3-5,7-8,10-11,13H,6,9,12,14H2,1-2H3,(H,21,23)(H,22,24). The van der Waals surface area contributed by atoms with Crippen molar-refractivity contribution in [2.45, 2.75) is 19.3 Å². The number of ether oxygens (including phenoxy) is 2. The van der Waals surface area contributed by atoms with E-state index in [1.807, 2.05) is 18.2 Å². The SMILES string of the molecule is COc1ccc(OC)c(NC(=O)CC(=O)NCCCc2ccccc2)c1. The lowest BCUT2D eigenvalue weighted by Gasteiger charge is -2.12. The van der Waals surface area contributed by atoms with Gasteiger partial charge in [-0.05, 0) is 30.5 Å². The Balaban J connectivity index is 1.76. The molecule has 26 heavy (non-hydrogen) atoms. The molecule has 0 radical (unpaired) electrons. The van der Waals surface area contributed by atoms with Gasteiger partial charge >= 0.3 is 0 Å². The van der Waals surface area contributed by atoms with E-state index in [-0.39, 0.29) is 12.3 Å². The monoisotopic (exact) mass is 356 g/mol. The van der Waals surface area contributed by atoms with Crippen molar-refractivity contribution in [2.75, 3.05) is 26.1 Å². The predicted molar refractivity (Wildman–Crippen MR) is 101 cm³/mol. The maximum absolute atomic E-state index is 12.1. The minimum absolute atomic E-state index is 0.244. The number of rotatable bonds is 9. The van der Waals surface area contributed by atoms with Crippen LogP contribution in [0.2, 0.25) is 0 Å². The van der Waals surface area contributed by atoms with Gasteiger partial charge in [-0.25, -0.2) is 0 Å². The van der Waals surface area contributed by atoms with Gasteiger partial charge in [0.15, 0.2) is 0 Å². The summed E-state index contributed by atoms with van der Waals surface area (Å²) >= 11 is 0. The maximum atomic E-state index is 12.1. The summed E-state index contributed by atoms with van der Waals surface area (Å²) in [4.78, 5) is 24.0. The lowest BCUT2D eigenvalue weighted by atomic mass is 10.1. The molecule has 2 amide bonds. The summed E-state index contributed by atoms with van der Waals surface area (Å²) in [5.41, 5.74) is 1.69. The van der Waals surface area contributed by atoms with Gasteiger partial charge in [0.05, 0.1) is 19.9 Å². The highest BCUT2D eigenvalue weighted by Crippen LogP contribution is 2.28. The zero-order chi connectivity index (χ0) is 18.8. The van der Waals surface area contributed by atoms with Crippen LogP contribution in [-0.2, 0) is 16.0 Å². The van der Waals surface area contributed by atoms with Gasteiger partial charge in [0.1, 0.15) is 17.9 Å². The van der Waals surface area contributed by atoms with Crippen LogP contribution in [0.4, 0.5) is 5.69 Å². The lowest BCUT2D eigenvalue weighted by Crippen LogP contribution is -2.29. The first kappa shape index (κ1) is 19.3. The van der Waals surface area contributed by atoms with Crippen molar-refractivity contribution in [1.82, 2.24) is 5.32 Å². The molecule has 6 heteroatoms. The molecule has 0 saturated heterocycles. The lowest BCUT2D eigenvalue weighted by molar-refractivity contribution is -0.126. The van der Waals surface area contributed by atoms with Crippen LogP contribution in [0.3, 0.4) is 0 Å². The summed E-state index contributed by atoms with van der Waals surface area (Å²) in [7, 11) is 3.05. The molecule has 0 atom stereocenters. The highest BCUT2D eigenvalue weighted by Gasteiger charge is 2.12. The molecule has 0 heterocycles. The average Bonchev–Trinajstić information content (AvgIpc) is 2.66. The fraction of sp³-hybridized carbons (Fsp3) is 0.300. The van der Waals surface area contributed by atoms with Gasteiger partial charge in [-0.15, -0.1) is 0 Å². The van der Waals surface area contributed by atoms with Crippen LogP contribution >= 0.6 is 0 Å². The minimum Gasteiger partial charge on any atom is -0.497 e. The summed E-state index contributed by atoms with van der Waals surface area (Å²) in [6.45, 7) is 0.531. The molecule has 2 aromatic rings. The molecule has 0 unspecified atom stereocenters. The smallest absolute Gasteiger partial charge is 0.233 e. The number of aryl methyl sites for hydroxylation is 1. The van der Waals surface area contributed by atoms with Gasteiger partial charge in [-0.3, -0.25) is 9.59 Å². The number of nitrogens with one attached hydrogen (secondary N) is 2. The van der Waals surface area contributed by atoms with Gasteiger partial charge in [-0.2, -0.15) is 0 Å². The van der Waals surface area contributed by atoms with Crippen molar-refractivity contribution in [3.05, 3.63) is 54.1 Å². The first-order valence-corrected chi connectivity index (χ1v) is 8.45. The third-order valence-corrected chi connectivity index (χ3v) is 3.81. The van der Waals surface area contributed by atoms with Crippen LogP contribution in [0.15, 0.2) is 48.5 Å². The summed E-state index contributed by atoms with van der Waals surface area (Å²) in [5, 5.41) is 5.44. The largest absolute Gasteiger partial charge is 0.497 e. The van der Waals surface area contributed by atoms with E-state index in [1.54, 1.807) is 18.2 Å². The second-order valence-corrected chi connectivity index (χ2v) is 5.73. The van der Waals surface area contributed by atoms with E-state index < -0.39 is 5.91 Å². The van der Waals surface area contributed by atoms with E-state index in [0.717, 1.165) is 12.8 Å². The quantitative estimate of drug-likeness (QED) is 0.535. The van der Waals surface area contributed by atoms with E-state index in [9.17, 15) is 9.59 Å². The normalized spacial score (nSPS) is 10.1. The van der Waals surface area contributed by atoms with Crippen molar-refractivity contribution in [1.29, 1.82) is 0 Å². The summed E-state index contributed by atoms with van der Waals surface area (Å²) in [5.74, 6) is 0.378. The van der Waals surface area contributed by atoms with Crippen LogP contribution in [-0.4, -0.2) is 32.6 Å². The van der Waals surface area contributed by atoms with Gasteiger partial charge < -0.3 is 20.1 Å². The molecule has 0 bridgehead atoms. The number of carbonyl (C=O) groups is 2. The van der Waals surface area contributed by atoms with Gasteiger partial charge in [0, 0.05) is 12.6 Å². The highest BCUT2D eigenvalue weighted by molar-refractivity contribution is 6.04. The van der Waals surface area contributed by atoms with Crippen LogP contribution in [0.1, 0.15) is 18.4 Å². The van der Waals surface area contributed by atoms with Crippen LogP contribution in [0, 0.1) is 0 Å². The topological polar surface area (TPSA) is 76.7 Å². The number of methoxy groups -OCH3 is 2. The Kier molecular flexibility index (Phi) is 7.49. The fourth-order valence-corrected chi connectivity index (χ4v) is 2.48. The zero-order valence-electron chi connectivity index (χ0n) is 15.1. The Morgan fingerprint density at radius 2 is 1.73 bits per heavy atom. The molecule has 2 N–H and O–H groups in total. The number of amides is 2. The predicted octanol–water partition coefficient (Wildman–Crippen LogP) is 2.78. The Morgan fingerprint density at radius 3 is 2.42 bits per heavy atom. The molecule has 0 saturated carbocycles. The number of benzene rings is 2. The van der Waals surface area contributed by atoms with E-state index in [4.69, 9.17) is 9.47 Å². The number of hydrogen-bond donors (Lipinski definition) is 2. The minimum atomic E-state index is -0.405. The molecule has 138 valence electrons. The molecule has 0 aliphatic carbocycles. The van der Waals surface area contributed by atoms with Crippen molar-refractivity contribution in [3.63, 3.8) is 0 Å². The summed E-state index contributed by atoms with van der Waals surface area (Å²) in [6, 6.07) is 15.1. The average molecular weight is 356 g/mol. The summed E-state index contributed by atoms with van der Waals surface area (Å²) in [6.07, 6.45) is 1.46. The summed E-state index contributed by atoms with van der Waals surface area (Å²) < 4.78 is 10.3. The van der Waals surface area contributed by atoms with Crippen molar-refractivity contribution >= 4 is 17.5 Å². The molecule has 2 aromatic carbocycles. The van der Waals surface area contributed by atoms with E-state index in [2.05, 4.69) is 22.8 Å². The fourth-order valence-electron chi connectivity index (χ4n) is 2.48. The van der Waals surface area contributed by atoms with Crippen molar-refractivity contribution in [2.24, 2.45) is 0 Å². The van der Waals surface area contributed by atoms with Crippen LogP contribution in [0.5, 0.6) is 11.5 Å². The van der Waals surface area contributed by atoms with Gasteiger partial charge in [0.25, 0.3) is 0 Å². The van der Waals surface area contributed by atoms with E-state index in [1.165, 1.54) is 19.8 Å². The molecule has 0 aromatic heterocycles. The molecular formula is C20H24N2O4. The number of anilines is 1. The number of carbonyl (C=O) groups excluding carboxylic acids is 2. The Labute approximate surface area is 153 Å². The Bertz CT molecular complexity index is 732. The molecule has 6 nitrogen and oxygen atoms in total. The second kappa shape index (κ2) is 10.1. The third-order valence-electron chi connectivity index (χ3n) is 3.81. The van der Waals surface area contributed by atoms with Gasteiger partial charge in [0.2, 0.25) is 11.8 Å². The molecule has 2 rings (SSSR count). The first-order chi connectivity index (χ1) is 12.6. The molecular weight excluding hydrogens is 332 g/mol. The molecule has 0 aliphatic rings. The number of hydrogen-bond acceptors (Lipinski definition) is 4. The molecule has 0 spiro atoms. The maximum Gasteiger partial charge on any atom is 0.233 e. The second-order valence-electron chi connectivity index (χ2n) is 5.73. The van der Waals surface area contributed by atoms with E-state index in [0.29, 0.717) is 23.7 Å². The van der Waals surface area contributed by atoms with Crippen molar-refractivity contribution in [3.8, 4) is 11.5 Å².